The van der Waals surface area contributed by atoms with Crippen molar-refractivity contribution in [3.05, 3.63) is 32.8 Å². The molecular weight excluding hydrogens is 268 g/mol. The average molecular weight is 285 g/mol. The fraction of sp³-hybridized carbons (Fsp3) is 0.538. The molecular formula is C13H17ClN2O3. The van der Waals surface area contributed by atoms with E-state index < -0.39 is 4.92 Å². The third kappa shape index (κ3) is 3.58. The first-order valence-electron chi connectivity index (χ1n) is 6.38. The quantitative estimate of drug-likeness (QED) is 0.682. The number of benzene rings is 1. The summed E-state index contributed by atoms with van der Waals surface area (Å²) in [5.41, 5.74) is 0.647. The molecule has 1 fully saturated rings. The maximum Gasteiger partial charge on any atom is 0.288 e. The molecule has 0 spiro atoms. The number of aryl methyl sites for hydroxylation is 1. The van der Waals surface area contributed by atoms with Crippen LogP contribution in [0.2, 0.25) is 5.02 Å². The van der Waals surface area contributed by atoms with Gasteiger partial charge in [-0.3, -0.25) is 10.1 Å². The number of piperidine rings is 1. The Morgan fingerprint density at radius 1 is 1.53 bits per heavy atom. The Kier molecular flexibility index (Phi) is 4.61. The van der Waals surface area contributed by atoms with Crippen LogP contribution in [0.1, 0.15) is 24.8 Å². The number of rotatable bonds is 4. The van der Waals surface area contributed by atoms with E-state index in [1.165, 1.54) is 25.0 Å². The van der Waals surface area contributed by atoms with Gasteiger partial charge in [-0.25, -0.2) is 0 Å². The average Bonchev–Trinajstić information content (AvgIpc) is 2.40. The van der Waals surface area contributed by atoms with E-state index in [2.05, 4.69) is 5.32 Å². The molecule has 0 saturated carbocycles. The topological polar surface area (TPSA) is 64.4 Å². The molecule has 0 amide bonds. The molecule has 6 heteroatoms. The second-order valence-electron chi connectivity index (χ2n) is 4.78. The first-order valence-corrected chi connectivity index (χ1v) is 6.76. The smallest absolute Gasteiger partial charge is 0.288 e. The molecule has 0 bridgehead atoms. The molecule has 1 aliphatic rings. The number of halogens is 1. The Balaban J connectivity index is 2.04. The number of ether oxygens (including phenoxy) is 1. The van der Waals surface area contributed by atoms with Gasteiger partial charge in [0, 0.05) is 18.2 Å². The van der Waals surface area contributed by atoms with Crippen molar-refractivity contribution in [1.82, 2.24) is 5.32 Å². The molecule has 1 N–H and O–H groups in total. The van der Waals surface area contributed by atoms with Crippen molar-refractivity contribution in [2.45, 2.75) is 32.2 Å². The maximum atomic E-state index is 10.8. The van der Waals surface area contributed by atoms with Crippen LogP contribution in [0.3, 0.4) is 0 Å². The summed E-state index contributed by atoms with van der Waals surface area (Å²) in [6.45, 7) is 3.37. The van der Waals surface area contributed by atoms with Gasteiger partial charge in [0.2, 0.25) is 0 Å². The van der Waals surface area contributed by atoms with Crippen LogP contribution in [0, 0.1) is 17.0 Å². The Labute approximate surface area is 117 Å². The molecule has 1 aromatic rings. The summed E-state index contributed by atoms with van der Waals surface area (Å²) in [6, 6.07) is 3.33. The SMILES string of the molecule is Cc1cc([N+](=O)[O-])c(Cl)cc1OCC1CCCCN1. The van der Waals surface area contributed by atoms with Gasteiger partial charge in [-0.15, -0.1) is 0 Å². The van der Waals surface area contributed by atoms with Crippen molar-refractivity contribution < 1.29 is 9.66 Å². The van der Waals surface area contributed by atoms with E-state index >= 15 is 0 Å². The van der Waals surface area contributed by atoms with Crippen molar-refractivity contribution in [2.75, 3.05) is 13.2 Å². The Morgan fingerprint density at radius 2 is 2.32 bits per heavy atom. The first kappa shape index (κ1) is 14.1. The van der Waals surface area contributed by atoms with Gasteiger partial charge < -0.3 is 10.1 Å². The van der Waals surface area contributed by atoms with Crippen LogP contribution in [-0.4, -0.2) is 24.1 Å². The van der Waals surface area contributed by atoms with E-state index in [1.807, 2.05) is 0 Å². The fourth-order valence-corrected chi connectivity index (χ4v) is 2.42. The number of nitrogens with zero attached hydrogens (tertiary/aromatic N) is 1. The molecule has 1 aliphatic heterocycles. The molecule has 1 saturated heterocycles. The van der Waals surface area contributed by atoms with Gasteiger partial charge in [-0.1, -0.05) is 18.0 Å². The van der Waals surface area contributed by atoms with Crippen molar-refractivity contribution in [3.8, 4) is 5.75 Å². The molecule has 0 aliphatic carbocycles. The van der Waals surface area contributed by atoms with Crippen LogP contribution in [0.5, 0.6) is 5.75 Å². The van der Waals surface area contributed by atoms with E-state index in [-0.39, 0.29) is 10.7 Å². The van der Waals surface area contributed by atoms with E-state index in [4.69, 9.17) is 16.3 Å². The van der Waals surface area contributed by atoms with Crippen molar-refractivity contribution >= 4 is 17.3 Å². The molecule has 1 atom stereocenters. The maximum absolute atomic E-state index is 10.8. The molecule has 1 unspecified atom stereocenters. The molecule has 1 heterocycles. The minimum Gasteiger partial charge on any atom is -0.492 e. The Hall–Kier alpha value is -1.33. The Morgan fingerprint density at radius 3 is 2.95 bits per heavy atom. The lowest BCUT2D eigenvalue weighted by Gasteiger charge is -2.23. The summed E-state index contributed by atoms with van der Waals surface area (Å²) in [5.74, 6) is 0.614. The molecule has 104 valence electrons. The number of nitro benzene ring substituents is 1. The molecule has 2 rings (SSSR count). The van der Waals surface area contributed by atoms with Gasteiger partial charge in [-0.2, -0.15) is 0 Å². The van der Waals surface area contributed by atoms with E-state index in [1.54, 1.807) is 6.92 Å². The monoisotopic (exact) mass is 284 g/mol. The fourth-order valence-electron chi connectivity index (χ4n) is 2.20. The van der Waals surface area contributed by atoms with Crippen molar-refractivity contribution in [3.63, 3.8) is 0 Å². The standard InChI is InChI=1S/C13H17ClN2O3/c1-9-6-12(16(17)18)11(14)7-13(9)19-8-10-4-2-3-5-15-10/h6-7,10,15H,2-5,8H2,1H3. The zero-order valence-corrected chi connectivity index (χ0v) is 11.6. The highest BCUT2D eigenvalue weighted by Gasteiger charge is 2.17. The van der Waals surface area contributed by atoms with Crippen LogP contribution >= 0.6 is 11.6 Å². The minimum atomic E-state index is -0.484. The van der Waals surface area contributed by atoms with Gasteiger partial charge in [0.05, 0.1) is 4.92 Å². The second-order valence-corrected chi connectivity index (χ2v) is 5.19. The number of nitrogens with one attached hydrogen (secondary N) is 1. The van der Waals surface area contributed by atoms with Crippen LogP contribution in [-0.2, 0) is 0 Å². The summed E-state index contributed by atoms with van der Waals surface area (Å²) >= 11 is 5.88. The highest BCUT2D eigenvalue weighted by molar-refractivity contribution is 6.32. The lowest BCUT2D eigenvalue weighted by molar-refractivity contribution is -0.384. The van der Waals surface area contributed by atoms with E-state index in [0.29, 0.717) is 18.4 Å². The normalized spacial score (nSPS) is 19.2. The lowest BCUT2D eigenvalue weighted by Crippen LogP contribution is -2.38. The molecule has 0 radical (unpaired) electrons. The summed E-state index contributed by atoms with van der Waals surface area (Å²) in [7, 11) is 0. The summed E-state index contributed by atoms with van der Waals surface area (Å²) in [4.78, 5) is 10.3. The van der Waals surface area contributed by atoms with Crippen LogP contribution in [0.25, 0.3) is 0 Å². The van der Waals surface area contributed by atoms with Crippen LogP contribution < -0.4 is 10.1 Å². The van der Waals surface area contributed by atoms with Crippen molar-refractivity contribution in [1.29, 1.82) is 0 Å². The predicted molar refractivity (Wildman–Crippen MR) is 74.0 cm³/mol. The summed E-state index contributed by atoms with van der Waals surface area (Å²) in [5, 5.41) is 14.3. The number of hydrogen-bond donors (Lipinski definition) is 1. The zero-order chi connectivity index (χ0) is 13.8. The van der Waals surface area contributed by atoms with Crippen LogP contribution in [0.15, 0.2) is 12.1 Å². The molecule has 0 aromatic heterocycles. The third-order valence-corrected chi connectivity index (χ3v) is 3.60. The highest BCUT2D eigenvalue weighted by Crippen LogP contribution is 2.32. The van der Waals surface area contributed by atoms with Gasteiger partial charge in [0.15, 0.2) is 0 Å². The van der Waals surface area contributed by atoms with Gasteiger partial charge in [-0.05, 0) is 31.9 Å². The Bertz CT molecular complexity index is 473. The molecule has 1 aromatic carbocycles. The van der Waals surface area contributed by atoms with Crippen molar-refractivity contribution in [2.24, 2.45) is 0 Å². The first-order chi connectivity index (χ1) is 9.08. The van der Waals surface area contributed by atoms with E-state index in [9.17, 15) is 10.1 Å². The molecule has 5 nitrogen and oxygen atoms in total. The minimum absolute atomic E-state index is 0.0812. The predicted octanol–water partition coefficient (Wildman–Crippen LogP) is 3.08. The van der Waals surface area contributed by atoms with E-state index in [0.717, 1.165) is 18.5 Å². The van der Waals surface area contributed by atoms with Gasteiger partial charge in [0.1, 0.15) is 17.4 Å². The zero-order valence-electron chi connectivity index (χ0n) is 10.8. The third-order valence-electron chi connectivity index (χ3n) is 3.29. The lowest BCUT2D eigenvalue weighted by atomic mass is 10.1. The van der Waals surface area contributed by atoms with Gasteiger partial charge in [0.25, 0.3) is 5.69 Å². The largest absolute Gasteiger partial charge is 0.492 e. The van der Waals surface area contributed by atoms with Gasteiger partial charge >= 0.3 is 0 Å². The van der Waals surface area contributed by atoms with Crippen LogP contribution in [0.4, 0.5) is 5.69 Å². The number of nitro groups is 1. The number of hydrogen-bond acceptors (Lipinski definition) is 4. The molecule has 19 heavy (non-hydrogen) atoms. The summed E-state index contributed by atoms with van der Waals surface area (Å²) in [6.07, 6.45) is 3.51. The summed E-state index contributed by atoms with van der Waals surface area (Å²) < 4.78 is 5.72. The second kappa shape index (κ2) is 6.21. The highest BCUT2D eigenvalue weighted by atomic mass is 35.5.